The zero-order valence-electron chi connectivity index (χ0n) is 13.9. The van der Waals surface area contributed by atoms with Crippen molar-refractivity contribution in [1.29, 1.82) is 0 Å². The maximum absolute atomic E-state index is 6.19. The first-order chi connectivity index (χ1) is 11.0. The number of piperidine rings is 1. The van der Waals surface area contributed by atoms with Crippen LogP contribution in [0.5, 0.6) is 0 Å². The van der Waals surface area contributed by atoms with E-state index in [0.717, 1.165) is 46.8 Å². The summed E-state index contributed by atoms with van der Waals surface area (Å²) in [6.07, 6.45) is 2.44. The van der Waals surface area contributed by atoms with Gasteiger partial charge in [-0.3, -0.25) is 0 Å². The fourth-order valence-electron chi connectivity index (χ4n) is 2.87. The molecule has 1 aromatic heterocycles. The van der Waals surface area contributed by atoms with Crippen molar-refractivity contribution in [2.45, 2.75) is 33.6 Å². The number of nitrogens with zero attached hydrogens (tertiary/aromatic N) is 3. The summed E-state index contributed by atoms with van der Waals surface area (Å²) in [7, 11) is 0. The quantitative estimate of drug-likeness (QED) is 0.883. The van der Waals surface area contributed by atoms with Crippen LogP contribution in [-0.4, -0.2) is 23.1 Å². The van der Waals surface area contributed by atoms with Gasteiger partial charge in [-0.05, 0) is 50.3 Å². The van der Waals surface area contributed by atoms with Crippen LogP contribution in [-0.2, 0) is 0 Å². The number of rotatable bonds is 3. The topological polar surface area (TPSA) is 41.1 Å². The lowest BCUT2D eigenvalue weighted by Gasteiger charge is -2.31. The van der Waals surface area contributed by atoms with E-state index in [2.05, 4.69) is 28.2 Å². The number of hydrogen-bond donors (Lipinski definition) is 1. The van der Waals surface area contributed by atoms with Crippen LogP contribution in [0.15, 0.2) is 24.3 Å². The van der Waals surface area contributed by atoms with E-state index in [9.17, 15) is 0 Å². The van der Waals surface area contributed by atoms with Crippen LogP contribution in [0.4, 0.5) is 17.5 Å². The molecular formula is C18H23ClN4. The molecule has 0 radical (unpaired) electrons. The third-order valence-corrected chi connectivity index (χ3v) is 4.87. The Bertz CT molecular complexity index is 693. The standard InChI is InChI=1S/C18H23ClN4/c1-12-7-9-23(10-8-12)17-11-13(2)20-18(22-17)21-16-6-4-5-15(19)14(16)3/h4-6,11-12H,7-10H2,1-3H3,(H,20,21,22). The molecule has 1 aliphatic heterocycles. The average Bonchev–Trinajstić information content (AvgIpc) is 2.52. The Morgan fingerprint density at radius 2 is 1.91 bits per heavy atom. The van der Waals surface area contributed by atoms with E-state index in [1.54, 1.807) is 0 Å². The Kier molecular flexibility index (Phi) is 4.71. The van der Waals surface area contributed by atoms with Crippen LogP contribution in [0.3, 0.4) is 0 Å². The zero-order valence-corrected chi connectivity index (χ0v) is 14.7. The SMILES string of the molecule is Cc1cc(N2CCC(C)CC2)nc(Nc2cccc(Cl)c2C)n1. The maximum Gasteiger partial charge on any atom is 0.229 e. The van der Waals surface area contributed by atoms with Crippen LogP contribution >= 0.6 is 11.6 Å². The summed E-state index contributed by atoms with van der Waals surface area (Å²) in [5, 5.41) is 4.05. The Hall–Kier alpha value is -1.81. The Morgan fingerprint density at radius 3 is 2.65 bits per heavy atom. The smallest absolute Gasteiger partial charge is 0.229 e. The van der Waals surface area contributed by atoms with Gasteiger partial charge in [-0.15, -0.1) is 0 Å². The normalized spacial score (nSPS) is 15.7. The third kappa shape index (κ3) is 3.75. The van der Waals surface area contributed by atoms with Crippen LogP contribution in [0, 0.1) is 19.8 Å². The second kappa shape index (κ2) is 6.75. The molecule has 122 valence electrons. The summed E-state index contributed by atoms with van der Waals surface area (Å²) >= 11 is 6.19. The highest BCUT2D eigenvalue weighted by atomic mass is 35.5. The van der Waals surface area contributed by atoms with Gasteiger partial charge in [0.25, 0.3) is 0 Å². The molecule has 1 saturated heterocycles. The van der Waals surface area contributed by atoms with E-state index in [0.29, 0.717) is 5.95 Å². The van der Waals surface area contributed by atoms with Crippen molar-refractivity contribution in [2.75, 3.05) is 23.3 Å². The van der Waals surface area contributed by atoms with Crippen LogP contribution in [0.25, 0.3) is 0 Å². The monoisotopic (exact) mass is 330 g/mol. The van der Waals surface area contributed by atoms with Gasteiger partial charge in [-0.25, -0.2) is 4.98 Å². The van der Waals surface area contributed by atoms with E-state index in [1.165, 1.54) is 12.8 Å². The van der Waals surface area contributed by atoms with Crippen molar-refractivity contribution in [3.05, 3.63) is 40.5 Å². The summed E-state index contributed by atoms with van der Waals surface area (Å²) in [6, 6.07) is 7.88. The molecule has 0 atom stereocenters. The van der Waals surface area contributed by atoms with Gasteiger partial charge in [0, 0.05) is 35.6 Å². The minimum absolute atomic E-state index is 0.629. The predicted molar refractivity (Wildman–Crippen MR) is 96.9 cm³/mol. The second-order valence-corrected chi connectivity index (χ2v) is 6.81. The van der Waals surface area contributed by atoms with Gasteiger partial charge in [0.05, 0.1) is 0 Å². The third-order valence-electron chi connectivity index (χ3n) is 4.46. The Morgan fingerprint density at radius 1 is 1.17 bits per heavy atom. The van der Waals surface area contributed by atoms with Gasteiger partial charge in [0.1, 0.15) is 5.82 Å². The van der Waals surface area contributed by atoms with E-state index in [-0.39, 0.29) is 0 Å². The van der Waals surface area contributed by atoms with Crippen LogP contribution < -0.4 is 10.2 Å². The number of nitrogens with one attached hydrogen (secondary N) is 1. The number of hydrogen-bond acceptors (Lipinski definition) is 4. The summed E-state index contributed by atoms with van der Waals surface area (Å²) < 4.78 is 0. The molecule has 0 bridgehead atoms. The number of aryl methyl sites for hydroxylation is 1. The molecule has 0 spiro atoms. The Labute approximate surface area is 142 Å². The number of benzene rings is 1. The molecule has 5 heteroatoms. The molecule has 1 aromatic carbocycles. The minimum atomic E-state index is 0.629. The first-order valence-corrected chi connectivity index (χ1v) is 8.53. The molecule has 0 unspecified atom stereocenters. The van der Waals surface area contributed by atoms with Gasteiger partial charge >= 0.3 is 0 Å². The molecule has 1 aliphatic rings. The van der Waals surface area contributed by atoms with Crippen molar-refractivity contribution in [1.82, 2.24) is 9.97 Å². The van der Waals surface area contributed by atoms with Crippen molar-refractivity contribution in [2.24, 2.45) is 5.92 Å². The van der Waals surface area contributed by atoms with E-state index >= 15 is 0 Å². The summed E-state index contributed by atoms with van der Waals surface area (Å²) in [5.74, 6) is 2.44. The van der Waals surface area contributed by atoms with Gasteiger partial charge < -0.3 is 10.2 Å². The number of anilines is 3. The predicted octanol–water partition coefficient (Wildman–Crippen LogP) is 4.73. The average molecular weight is 331 g/mol. The van der Waals surface area contributed by atoms with Crippen molar-refractivity contribution < 1.29 is 0 Å². The molecule has 0 aliphatic carbocycles. The molecule has 1 fully saturated rings. The van der Waals surface area contributed by atoms with Gasteiger partial charge in [-0.1, -0.05) is 24.6 Å². The van der Waals surface area contributed by atoms with Gasteiger partial charge in [-0.2, -0.15) is 4.98 Å². The Balaban J connectivity index is 1.84. The largest absolute Gasteiger partial charge is 0.356 e. The number of halogens is 1. The van der Waals surface area contributed by atoms with Gasteiger partial charge in [0.2, 0.25) is 5.95 Å². The van der Waals surface area contributed by atoms with Crippen LogP contribution in [0.1, 0.15) is 31.0 Å². The highest BCUT2D eigenvalue weighted by Crippen LogP contribution is 2.27. The first-order valence-electron chi connectivity index (χ1n) is 8.15. The lowest BCUT2D eigenvalue weighted by atomic mass is 9.99. The van der Waals surface area contributed by atoms with Crippen LogP contribution in [0.2, 0.25) is 5.02 Å². The fraction of sp³-hybridized carbons (Fsp3) is 0.444. The molecule has 2 heterocycles. The minimum Gasteiger partial charge on any atom is -0.356 e. The molecule has 1 N–H and O–H groups in total. The highest BCUT2D eigenvalue weighted by molar-refractivity contribution is 6.31. The summed E-state index contributed by atoms with van der Waals surface area (Å²) in [4.78, 5) is 11.6. The number of aromatic nitrogens is 2. The maximum atomic E-state index is 6.19. The molecule has 23 heavy (non-hydrogen) atoms. The molecule has 3 rings (SSSR count). The molecule has 0 amide bonds. The second-order valence-electron chi connectivity index (χ2n) is 6.40. The zero-order chi connectivity index (χ0) is 16.4. The molecular weight excluding hydrogens is 308 g/mol. The first kappa shape index (κ1) is 16.1. The van der Waals surface area contributed by atoms with Crippen molar-refractivity contribution >= 4 is 29.1 Å². The van der Waals surface area contributed by atoms with E-state index in [4.69, 9.17) is 16.6 Å². The van der Waals surface area contributed by atoms with E-state index in [1.807, 2.05) is 32.0 Å². The molecule has 2 aromatic rings. The molecule has 0 saturated carbocycles. The fourth-order valence-corrected chi connectivity index (χ4v) is 3.05. The van der Waals surface area contributed by atoms with E-state index < -0.39 is 0 Å². The summed E-state index contributed by atoms with van der Waals surface area (Å²) in [5.41, 5.74) is 2.92. The van der Waals surface area contributed by atoms with Gasteiger partial charge in [0.15, 0.2) is 0 Å². The van der Waals surface area contributed by atoms with Crippen molar-refractivity contribution in [3.63, 3.8) is 0 Å². The molecule has 4 nitrogen and oxygen atoms in total. The summed E-state index contributed by atoms with van der Waals surface area (Å²) in [6.45, 7) is 8.44. The lowest BCUT2D eigenvalue weighted by Crippen LogP contribution is -2.33. The lowest BCUT2D eigenvalue weighted by molar-refractivity contribution is 0.436. The highest BCUT2D eigenvalue weighted by Gasteiger charge is 2.18. The van der Waals surface area contributed by atoms with Crippen molar-refractivity contribution in [3.8, 4) is 0 Å².